The van der Waals surface area contributed by atoms with E-state index in [9.17, 15) is 14.7 Å². The summed E-state index contributed by atoms with van der Waals surface area (Å²) in [5.41, 5.74) is 2.48. The number of carboxylic acid groups (broad SMARTS) is 1. The molecule has 24 heavy (non-hydrogen) atoms. The van der Waals surface area contributed by atoms with Gasteiger partial charge in [0.05, 0.1) is 6.42 Å². The van der Waals surface area contributed by atoms with Crippen molar-refractivity contribution in [3.63, 3.8) is 0 Å². The average molecular weight is 330 g/mol. The molecule has 0 aliphatic carbocycles. The number of nitrogens with zero attached hydrogens (tertiary/aromatic N) is 4. The van der Waals surface area contributed by atoms with E-state index in [4.69, 9.17) is 0 Å². The third kappa shape index (κ3) is 2.98. The maximum atomic E-state index is 11.3. The molecule has 7 heteroatoms. The molecule has 0 bridgehead atoms. The second-order valence-electron chi connectivity index (χ2n) is 7.18. The molecule has 1 aliphatic heterocycles. The quantitative estimate of drug-likeness (QED) is 0.864. The Hall–Kier alpha value is -2.44. The lowest BCUT2D eigenvalue weighted by Gasteiger charge is -2.38. The molecule has 1 N–H and O–H groups in total. The topological polar surface area (TPSA) is 87.8 Å². The third-order valence-electron chi connectivity index (χ3n) is 4.76. The molecular weight excluding hydrogens is 308 g/mol. The Kier molecular flexibility index (Phi) is 4.03. The van der Waals surface area contributed by atoms with E-state index < -0.39 is 5.97 Å². The van der Waals surface area contributed by atoms with Gasteiger partial charge in [-0.05, 0) is 25.2 Å². The van der Waals surface area contributed by atoms with Gasteiger partial charge in [0.1, 0.15) is 11.5 Å². The number of carboxylic acids is 1. The van der Waals surface area contributed by atoms with Gasteiger partial charge < -0.3 is 10.0 Å². The van der Waals surface area contributed by atoms with Crippen LogP contribution in [-0.2, 0) is 11.2 Å². The van der Waals surface area contributed by atoms with Gasteiger partial charge in [-0.1, -0.05) is 13.8 Å². The first-order chi connectivity index (χ1) is 11.3. The highest BCUT2D eigenvalue weighted by Gasteiger charge is 2.29. The van der Waals surface area contributed by atoms with Crippen LogP contribution in [0.3, 0.4) is 0 Å². The zero-order chi connectivity index (χ0) is 17.5. The molecule has 128 valence electrons. The molecule has 0 aromatic carbocycles. The molecule has 1 saturated heterocycles. The number of aromatic nitrogens is 3. The molecule has 1 aliphatic rings. The number of hydrogen-bond acceptors (Lipinski definition) is 5. The van der Waals surface area contributed by atoms with Gasteiger partial charge in [0.15, 0.2) is 11.9 Å². The van der Waals surface area contributed by atoms with Gasteiger partial charge >= 0.3 is 5.97 Å². The van der Waals surface area contributed by atoms with Crippen LogP contribution in [0.5, 0.6) is 0 Å². The minimum atomic E-state index is -0.902. The van der Waals surface area contributed by atoms with Gasteiger partial charge in [-0.2, -0.15) is 9.61 Å². The summed E-state index contributed by atoms with van der Waals surface area (Å²) in [6, 6.07) is 1.63. The van der Waals surface area contributed by atoms with Gasteiger partial charge in [-0.25, -0.2) is 4.98 Å². The van der Waals surface area contributed by atoms with Crippen molar-refractivity contribution in [1.29, 1.82) is 0 Å². The highest BCUT2D eigenvalue weighted by Crippen LogP contribution is 2.34. The summed E-state index contributed by atoms with van der Waals surface area (Å²) in [7, 11) is 0. The summed E-state index contributed by atoms with van der Waals surface area (Å²) in [6.45, 7) is 7.95. The van der Waals surface area contributed by atoms with Crippen molar-refractivity contribution in [2.45, 2.75) is 40.0 Å². The molecule has 3 rings (SSSR count). The first kappa shape index (κ1) is 16.4. The number of aryl methyl sites for hydroxylation is 1. The van der Waals surface area contributed by atoms with Gasteiger partial charge in [0.25, 0.3) is 0 Å². The number of carbonyl (C=O) groups is 2. The highest BCUT2D eigenvalue weighted by atomic mass is 16.4. The summed E-state index contributed by atoms with van der Waals surface area (Å²) in [5.74, 6) is -0.149. The van der Waals surface area contributed by atoms with E-state index in [-0.39, 0.29) is 11.8 Å². The Balaban J connectivity index is 2.15. The van der Waals surface area contributed by atoms with Gasteiger partial charge in [-0.15, -0.1) is 0 Å². The summed E-state index contributed by atoms with van der Waals surface area (Å²) in [4.78, 5) is 29.0. The molecule has 3 heterocycles. The number of aliphatic carboxylic acids is 1. The molecule has 1 fully saturated rings. The molecule has 2 aromatic rings. The van der Waals surface area contributed by atoms with E-state index in [2.05, 4.69) is 28.8 Å². The smallest absolute Gasteiger partial charge is 0.308 e. The molecule has 0 saturated carbocycles. The Morgan fingerprint density at radius 3 is 2.62 bits per heavy atom. The number of aldehydes is 1. The minimum Gasteiger partial charge on any atom is -0.481 e. The standard InChI is InChI=1S/C17H22N4O3/c1-11-13(9-15(23)24)16(20-6-4-17(2,3)5-7-20)21-14(18-11)8-12(10-22)19-21/h8,10H,4-7,9H2,1-3H3,(H,23,24). The van der Waals surface area contributed by atoms with Gasteiger partial charge in [0, 0.05) is 30.4 Å². The summed E-state index contributed by atoms with van der Waals surface area (Å²) < 4.78 is 1.62. The first-order valence-electron chi connectivity index (χ1n) is 8.12. The lowest BCUT2D eigenvalue weighted by molar-refractivity contribution is -0.136. The molecule has 0 unspecified atom stereocenters. The SMILES string of the molecule is Cc1nc2cc(C=O)nn2c(N2CCC(C)(C)CC2)c1CC(=O)O. The molecule has 0 atom stereocenters. The van der Waals surface area contributed by atoms with Crippen LogP contribution in [0.2, 0.25) is 0 Å². The summed E-state index contributed by atoms with van der Waals surface area (Å²) >= 11 is 0. The van der Waals surface area contributed by atoms with Crippen molar-refractivity contribution in [3.05, 3.63) is 23.0 Å². The number of piperidine rings is 1. The van der Waals surface area contributed by atoms with Crippen LogP contribution in [0.25, 0.3) is 5.65 Å². The lowest BCUT2D eigenvalue weighted by atomic mass is 9.82. The molecule has 0 radical (unpaired) electrons. The first-order valence-corrected chi connectivity index (χ1v) is 8.12. The Bertz CT molecular complexity index is 800. The highest BCUT2D eigenvalue weighted by molar-refractivity contribution is 5.77. The van der Waals surface area contributed by atoms with Crippen molar-refractivity contribution in [3.8, 4) is 0 Å². The Morgan fingerprint density at radius 2 is 2.04 bits per heavy atom. The van der Waals surface area contributed by atoms with E-state index in [0.29, 0.717) is 28.9 Å². The monoisotopic (exact) mass is 330 g/mol. The van der Waals surface area contributed by atoms with Crippen molar-refractivity contribution >= 4 is 23.7 Å². The largest absolute Gasteiger partial charge is 0.481 e. The third-order valence-corrected chi connectivity index (χ3v) is 4.76. The normalized spacial score (nSPS) is 17.2. The van der Waals surface area contributed by atoms with Crippen molar-refractivity contribution in [2.24, 2.45) is 5.41 Å². The fraction of sp³-hybridized carbons (Fsp3) is 0.529. The van der Waals surface area contributed by atoms with Crippen molar-refractivity contribution in [2.75, 3.05) is 18.0 Å². The van der Waals surface area contributed by atoms with Crippen LogP contribution >= 0.6 is 0 Å². The van der Waals surface area contributed by atoms with E-state index in [0.717, 1.165) is 31.7 Å². The van der Waals surface area contributed by atoms with E-state index >= 15 is 0 Å². The second kappa shape index (κ2) is 5.89. The number of anilines is 1. The number of hydrogen-bond donors (Lipinski definition) is 1. The summed E-state index contributed by atoms with van der Waals surface area (Å²) in [5, 5.41) is 13.6. The van der Waals surface area contributed by atoms with Crippen LogP contribution in [0.4, 0.5) is 5.82 Å². The zero-order valence-corrected chi connectivity index (χ0v) is 14.2. The van der Waals surface area contributed by atoms with Crippen LogP contribution in [-0.4, -0.2) is 45.0 Å². The van der Waals surface area contributed by atoms with Gasteiger partial charge in [0.2, 0.25) is 0 Å². The van der Waals surface area contributed by atoms with Crippen LogP contribution in [0.15, 0.2) is 6.07 Å². The maximum absolute atomic E-state index is 11.3. The van der Waals surface area contributed by atoms with E-state index in [1.165, 1.54) is 0 Å². The number of rotatable bonds is 4. The number of fused-ring (bicyclic) bond motifs is 1. The second-order valence-corrected chi connectivity index (χ2v) is 7.18. The summed E-state index contributed by atoms with van der Waals surface area (Å²) in [6.07, 6.45) is 2.61. The molecule has 7 nitrogen and oxygen atoms in total. The fourth-order valence-corrected chi connectivity index (χ4v) is 3.22. The van der Waals surface area contributed by atoms with E-state index in [1.54, 1.807) is 10.6 Å². The van der Waals surface area contributed by atoms with Crippen LogP contribution in [0.1, 0.15) is 48.4 Å². The van der Waals surface area contributed by atoms with Crippen molar-refractivity contribution < 1.29 is 14.7 Å². The van der Waals surface area contributed by atoms with Crippen LogP contribution in [0, 0.1) is 12.3 Å². The van der Waals surface area contributed by atoms with Crippen molar-refractivity contribution in [1.82, 2.24) is 14.6 Å². The Labute approximate surface area is 140 Å². The van der Waals surface area contributed by atoms with E-state index in [1.807, 2.05) is 6.92 Å². The molecule has 0 amide bonds. The molecule has 2 aromatic heterocycles. The zero-order valence-electron chi connectivity index (χ0n) is 14.2. The maximum Gasteiger partial charge on any atom is 0.308 e. The molecular formula is C17H22N4O3. The predicted octanol–water partition coefficient (Wildman–Crippen LogP) is 2.10. The van der Waals surface area contributed by atoms with Gasteiger partial charge in [-0.3, -0.25) is 9.59 Å². The Morgan fingerprint density at radius 1 is 1.38 bits per heavy atom. The minimum absolute atomic E-state index is 0.111. The van der Waals surface area contributed by atoms with Crippen LogP contribution < -0.4 is 4.90 Å². The molecule has 0 spiro atoms. The average Bonchev–Trinajstić information content (AvgIpc) is 2.91. The predicted molar refractivity (Wildman–Crippen MR) is 89.7 cm³/mol. The lowest BCUT2D eigenvalue weighted by Crippen LogP contribution is -2.39. The number of carbonyl (C=O) groups excluding carboxylic acids is 1. The fourth-order valence-electron chi connectivity index (χ4n) is 3.22.